The van der Waals surface area contributed by atoms with E-state index in [1.165, 1.54) is 31.5 Å². The molecule has 5 nitrogen and oxygen atoms in total. The Morgan fingerprint density at radius 3 is 2.37 bits per heavy atom. The number of methoxy groups -OCH3 is 1. The molecule has 2 aliphatic heterocycles. The van der Waals surface area contributed by atoms with Gasteiger partial charge in [-0.05, 0) is 63.9 Å². The third-order valence-electron chi connectivity index (χ3n) is 6.34. The van der Waals surface area contributed by atoms with Crippen molar-refractivity contribution in [3.05, 3.63) is 29.8 Å². The second kappa shape index (κ2) is 9.87. The predicted molar refractivity (Wildman–Crippen MR) is 110 cm³/mol. The van der Waals surface area contributed by atoms with Crippen LogP contribution in [0.15, 0.2) is 24.3 Å². The molecule has 0 amide bonds. The molecule has 1 N–H and O–H groups in total. The first-order valence-corrected chi connectivity index (χ1v) is 10.6. The van der Waals surface area contributed by atoms with E-state index in [1.807, 2.05) is 12.1 Å². The molecule has 1 aromatic rings. The molecule has 0 bridgehead atoms. The molecule has 2 heterocycles. The number of hydrogen-bond donors (Lipinski definition) is 1. The van der Waals surface area contributed by atoms with Crippen LogP contribution in [0.2, 0.25) is 0 Å². The molecule has 0 radical (unpaired) electrons. The summed E-state index contributed by atoms with van der Waals surface area (Å²) in [6.07, 6.45) is 3.40. The van der Waals surface area contributed by atoms with Crippen LogP contribution in [0, 0.1) is 0 Å². The van der Waals surface area contributed by atoms with Gasteiger partial charge in [-0.3, -0.25) is 9.80 Å². The maximum atomic E-state index is 9.62. The van der Waals surface area contributed by atoms with Crippen LogP contribution < -0.4 is 4.74 Å². The highest BCUT2D eigenvalue weighted by atomic mass is 16.5. The second-order valence-corrected chi connectivity index (χ2v) is 8.35. The Kier molecular flexibility index (Phi) is 7.53. The van der Waals surface area contributed by atoms with E-state index in [2.05, 4.69) is 40.7 Å². The van der Waals surface area contributed by atoms with E-state index in [4.69, 9.17) is 4.74 Å². The number of nitrogens with zero attached hydrogens (tertiary/aromatic N) is 3. The monoisotopic (exact) mass is 375 g/mol. The van der Waals surface area contributed by atoms with Crippen LogP contribution in [0.1, 0.15) is 38.7 Å². The summed E-state index contributed by atoms with van der Waals surface area (Å²) in [6.45, 7) is 11.6. The fourth-order valence-electron chi connectivity index (χ4n) is 4.69. The summed E-state index contributed by atoms with van der Waals surface area (Å²) in [5, 5.41) is 9.62. The first-order valence-electron chi connectivity index (χ1n) is 10.6. The highest BCUT2D eigenvalue weighted by Crippen LogP contribution is 2.25. The van der Waals surface area contributed by atoms with Crippen LogP contribution >= 0.6 is 0 Å². The number of aliphatic hydroxyl groups excluding tert-OH is 1. The Hall–Kier alpha value is -1.14. The van der Waals surface area contributed by atoms with Crippen LogP contribution in [-0.2, 0) is 6.54 Å². The molecule has 0 aromatic heterocycles. The van der Waals surface area contributed by atoms with Gasteiger partial charge in [0.2, 0.25) is 0 Å². The standard InChI is InChI=1S/C22H37N3O2/c1-18(2)24-11-8-20(9-12-24)25-14-13-23(17-21(25)10-15-26)16-19-4-6-22(27-3)7-5-19/h4-7,18,20-21,26H,8-17H2,1-3H3/t21-/m1/s1. The normalized spacial score (nSPS) is 23.8. The SMILES string of the molecule is COc1ccc(CN2CCN(C3CCN(C(C)C)CC3)[C@H](CCO)C2)cc1. The van der Waals surface area contributed by atoms with Crippen LogP contribution in [-0.4, -0.2) is 84.4 Å². The van der Waals surface area contributed by atoms with Crippen molar-refractivity contribution in [3.8, 4) is 5.75 Å². The molecule has 2 saturated heterocycles. The molecule has 0 saturated carbocycles. The lowest BCUT2D eigenvalue weighted by Gasteiger charge is -2.48. The van der Waals surface area contributed by atoms with Crippen LogP contribution in [0.25, 0.3) is 0 Å². The molecule has 3 rings (SSSR count). The average Bonchev–Trinajstić information content (AvgIpc) is 2.69. The number of rotatable bonds is 7. The number of aliphatic hydroxyl groups is 1. The quantitative estimate of drug-likeness (QED) is 0.793. The molecule has 152 valence electrons. The smallest absolute Gasteiger partial charge is 0.118 e. The lowest BCUT2D eigenvalue weighted by atomic mass is 9.97. The zero-order valence-corrected chi connectivity index (χ0v) is 17.3. The van der Waals surface area contributed by atoms with Gasteiger partial charge in [-0.1, -0.05) is 12.1 Å². The van der Waals surface area contributed by atoms with Gasteiger partial charge in [0.1, 0.15) is 5.75 Å². The van der Waals surface area contributed by atoms with Gasteiger partial charge in [0.15, 0.2) is 0 Å². The minimum atomic E-state index is 0.280. The van der Waals surface area contributed by atoms with E-state index < -0.39 is 0 Å². The summed E-state index contributed by atoms with van der Waals surface area (Å²) >= 11 is 0. The van der Waals surface area contributed by atoms with Crippen molar-refractivity contribution < 1.29 is 9.84 Å². The summed E-state index contributed by atoms with van der Waals surface area (Å²) in [6, 6.07) is 10.2. The van der Waals surface area contributed by atoms with Gasteiger partial charge in [-0.25, -0.2) is 0 Å². The van der Waals surface area contributed by atoms with E-state index in [1.54, 1.807) is 7.11 Å². The van der Waals surface area contributed by atoms with Gasteiger partial charge < -0.3 is 14.7 Å². The molecule has 0 spiro atoms. The summed E-state index contributed by atoms with van der Waals surface area (Å²) in [5.41, 5.74) is 1.33. The number of piperazine rings is 1. The average molecular weight is 376 g/mol. The first-order chi connectivity index (χ1) is 13.1. The third kappa shape index (κ3) is 5.44. The molecule has 27 heavy (non-hydrogen) atoms. The maximum absolute atomic E-state index is 9.62. The van der Waals surface area contributed by atoms with Gasteiger partial charge in [0.25, 0.3) is 0 Å². The Balaban J connectivity index is 1.56. The Morgan fingerprint density at radius 2 is 1.78 bits per heavy atom. The summed E-state index contributed by atoms with van der Waals surface area (Å²) in [7, 11) is 1.71. The molecule has 2 fully saturated rings. The number of piperidine rings is 1. The molecule has 2 aliphatic rings. The molecule has 1 aromatic carbocycles. The number of ether oxygens (including phenoxy) is 1. The van der Waals surface area contributed by atoms with Gasteiger partial charge in [0.05, 0.1) is 7.11 Å². The minimum Gasteiger partial charge on any atom is -0.497 e. The van der Waals surface area contributed by atoms with Crippen molar-refractivity contribution in [2.24, 2.45) is 0 Å². The molecule has 5 heteroatoms. The molecule has 0 aliphatic carbocycles. The van der Waals surface area contributed by atoms with Crippen molar-refractivity contribution in [1.82, 2.24) is 14.7 Å². The maximum Gasteiger partial charge on any atom is 0.118 e. The van der Waals surface area contributed by atoms with E-state index in [0.29, 0.717) is 18.1 Å². The zero-order valence-electron chi connectivity index (χ0n) is 17.3. The van der Waals surface area contributed by atoms with E-state index >= 15 is 0 Å². The van der Waals surface area contributed by atoms with Crippen LogP contribution in [0.5, 0.6) is 5.75 Å². The van der Waals surface area contributed by atoms with E-state index in [-0.39, 0.29) is 6.61 Å². The Labute approximate surface area is 164 Å². The van der Waals surface area contributed by atoms with Gasteiger partial charge >= 0.3 is 0 Å². The van der Waals surface area contributed by atoms with Crippen molar-refractivity contribution >= 4 is 0 Å². The fraction of sp³-hybridized carbons (Fsp3) is 0.727. The first kappa shape index (κ1) is 20.6. The zero-order chi connectivity index (χ0) is 19.2. The highest BCUT2D eigenvalue weighted by molar-refractivity contribution is 5.27. The molecular formula is C22H37N3O2. The van der Waals surface area contributed by atoms with E-state index in [0.717, 1.165) is 38.3 Å². The number of benzene rings is 1. The molecular weight excluding hydrogens is 338 g/mol. The van der Waals surface area contributed by atoms with Crippen LogP contribution in [0.3, 0.4) is 0 Å². The van der Waals surface area contributed by atoms with Gasteiger partial charge in [0, 0.05) is 50.9 Å². The largest absolute Gasteiger partial charge is 0.497 e. The second-order valence-electron chi connectivity index (χ2n) is 8.35. The summed E-state index contributed by atoms with van der Waals surface area (Å²) < 4.78 is 5.26. The lowest BCUT2D eigenvalue weighted by Crippen LogP contribution is -2.58. The van der Waals surface area contributed by atoms with Crippen LogP contribution in [0.4, 0.5) is 0 Å². The van der Waals surface area contributed by atoms with Gasteiger partial charge in [-0.2, -0.15) is 0 Å². The minimum absolute atomic E-state index is 0.280. The number of likely N-dealkylation sites (tertiary alicyclic amines) is 1. The Bertz CT molecular complexity index is 555. The molecule has 0 unspecified atom stereocenters. The van der Waals surface area contributed by atoms with Crippen molar-refractivity contribution in [1.29, 1.82) is 0 Å². The lowest BCUT2D eigenvalue weighted by molar-refractivity contribution is -0.0000325. The number of hydrogen-bond acceptors (Lipinski definition) is 5. The highest BCUT2D eigenvalue weighted by Gasteiger charge is 2.33. The van der Waals surface area contributed by atoms with Crippen molar-refractivity contribution in [3.63, 3.8) is 0 Å². The van der Waals surface area contributed by atoms with E-state index in [9.17, 15) is 5.11 Å². The summed E-state index contributed by atoms with van der Waals surface area (Å²) in [5.74, 6) is 0.912. The summed E-state index contributed by atoms with van der Waals surface area (Å²) in [4.78, 5) is 7.85. The Morgan fingerprint density at radius 1 is 1.07 bits per heavy atom. The topological polar surface area (TPSA) is 39.2 Å². The molecule has 1 atom stereocenters. The fourth-order valence-corrected chi connectivity index (χ4v) is 4.69. The van der Waals surface area contributed by atoms with Crippen molar-refractivity contribution in [2.75, 3.05) is 46.4 Å². The predicted octanol–water partition coefficient (Wildman–Crippen LogP) is 2.44. The van der Waals surface area contributed by atoms with Gasteiger partial charge in [-0.15, -0.1) is 0 Å². The van der Waals surface area contributed by atoms with Crippen molar-refractivity contribution in [2.45, 2.75) is 57.8 Å². The third-order valence-corrected chi connectivity index (χ3v) is 6.34.